The summed E-state index contributed by atoms with van der Waals surface area (Å²) >= 11 is 0. The Labute approximate surface area is 103 Å². The molecule has 0 saturated heterocycles. The molecule has 2 nitrogen and oxygen atoms in total. The van der Waals surface area contributed by atoms with Crippen LogP contribution in [0.25, 0.3) is 0 Å². The van der Waals surface area contributed by atoms with Gasteiger partial charge < -0.3 is 5.73 Å². The van der Waals surface area contributed by atoms with E-state index in [1.165, 1.54) is 25.7 Å². The molecule has 2 rings (SSSR count). The Bertz CT molecular complexity index is 378. The van der Waals surface area contributed by atoms with Crippen LogP contribution in [0.15, 0.2) is 24.3 Å². The maximum Gasteiger partial charge on any atom is 0.140 e. The minimum absolute atomic E-state index is 0.291. The van der Waals surface area contributed by atoms with E-state index in [4.69, 9.17) is 5.73 Å². The number of benzene rings is 1. The lowest BCUT2D eigenvalue weighted by molar-refractivity contribution is -0.122. The predicted molar refractivity (Wildman–Crippen MR) is 70.8 cm³/mol. The monoisotopic (exact) mass is 231 g/mol. The summed E-state index contributed by atoms with van der Waals surface area (Å²) in [5, 5.41) is 0. The molecule has 1 aliphatic rings. The molecule has 0 unspecified atom stereocenters. The molecule has 1 aliphatic carbocycles. The summed E-state index contributed by atoms with van der Waals surface area (Å²) in [6.45, 7) is 0. The summed E-state index contributed by atoms with van der Waals surface area (Å²) in [6.07, 6.45) is 7.74. The summed E-state index contributed by atoms with van der Waals surface area (Å²) in [6, 6.07) is 7.68. The number of hydrogen-bond acceptors (Lipinski definition) is 2. The first-order valence-electron chi connectivity index (χ1n) is 6.63. The van der Waals surface area contributed by atoms with Crippen molar-refractivity contribution >= 4 is 11.5 Å². The van der Waals surface area contributed by atoms with Gasteiger partial charge in [-0.05, 0) is 30.5 Å². The van der Waals surface area contributed by atoms with E-state index in [0.717, 1.165) is 24.1 Å². The second-order valence-electron chi connectivity index (χ2n) is 5.08. The molecule has 0 aliphatic heterocycles. The van der Waals surface area contributed by atoms with Gasteiger partial charge in [0.2, 0.25) is 0 Å². The predicted octanol–water partition coefficient (Wildman–Crippen LogP) is 3.35. The van der Waals surface area contributed by atoms with Gasteiger partial charge in [0.25, 0.3) is 0 Å². The average molecular weight is 231 g/mol. The molecule has 0 atom stereocenters. The Morgan fingerprint density at radius 3 is 2.53 bits per heavy atom. The topological polar surface area (TPSA) is 43.1 Å². The van der Waals surface area contributed by atoms with E-state index in [9.17, 15) is 4.79 Å². The SMILES string of the molecule is Nc1cccc(CC(=O)C2CCCCCC2)c1. The Morgan fingerprint density at radius 2 is 1.88 bits per heavy atom. The highest BCUT2D eigenvalue weighted by atomic mass is 16.1. The molecule has 0 aromatic heterocycles. The minimum atomic E-state index is 0.291. The van der Waals surface area contributed by atoms with Crippen LogP contribution in [-0.4, -0.2) is 5.78 Å². The molecule has 17 heavy (non-hydrogen) atoms. The highest BCUT2D eigenvalue weighted by molar-refractivity contribution is 5.83. The van der Waals surface area contributed by atoms with Gasteiger partial charge in [0, 0.05) is 18.0 Å². The number of ketones is 1. The molecule has 1 fully saturated rings. The van der Waals surface area contributed by atoms with Crippen LogP contribution in [-0.2, 0) is 11.2 Å². The number of nitrogens with two attached hydrogens (primary N) is 1. The number of Topliss-reactive ketones (excluding diaryl/α,β-unsaturated/α-hetero) is 1. The van der Waals surface area contributed by atoms with Gasteiger partial charge in [0.05, 0.1) is 0 Å². The van der Waals surface area contributed by atoms with E-state index in [1.807, 2.05) is 24.3 Å². The normalized spacial score (nSPS) is 17.6. The molecule has 1 saturated carbocycles. The number of rotatable bonds is 3. The van der Waals surface area contributed by atoms with E-state index in [1.54, 1.807) is 0 Å². The van der Waals surface area contributed by atoms with Gasteiger partial charge in [-0.1, -0.05) is 37.8 Å². The maximum atomic E-state index is 12.2. The lowest BCUT2D eigenvalue weighted by Crippen LogP contribution is -2.16. The van der Waals surface area contributed by atoms with E-state index < -0.39 is 0 Å². The summed E-state index contributed by atoms with van der Waals surface area (Å²) in [5.74, 6) is 0.691. The zero-order valence-corrected chi connectivity index (χ0v) is 10.3. The first kappa shape index (κ1) is 12.2. The first-order chi connectivity index (χ1) is 8.25. The molecule has 0 amide bonds. The lowest BCUT2D eigenvalue weighted by atomic mass is 9.91. The van der Waals surface area contributed by atoms with Gasteiger partial charge >= 0.3 is 0 Å². The van der Waals surface area contributed by atoms with Gasteiger partial charge in [0.15, 0.2) is 0 Å². The second-order valence-corrected chi connectivity index (χ2v) is 5.08. The molecule has 0 spiro atoms. The fourth-order valence-electron chi connectivity index (χ4n) is 2.65. The quantitative estimate of drug-likeness (QED) is 0.640. The molecule has 2 heteroatoms. The second kappa shape index (κ2) is 5.85. The maximum absolute atomic E-state index is 12.2. The van der Waals surface area contributed by atoms with Crippen LogP contribution >= 0.6 is 0 Å². The average Bonchev–Trinajstić information content (AvgIpc) is 2.57. The number of carbonyl (C=O) groups is 1. The van der Waals surface area contributed by atoms with Crippen molar-refractivity contribution in [3.8, 4) is 0 Å². The standard InChI is InChI=1S/C15H21NO/c16-14-9-5-6-12(10-14)11-15(17)13-7-3-1-2-4-8-13/h5-6,9-10,13H,1-4,7-8,11,16H2. The third-order valence-corrected chi connectivity index (χ3v) is 3.64. The van der Waals surface area contributed by atoms with Crippen LogP contribution in [0.5, 0.6) is 0 Å². The van der Waals surface area contributed by atoms with Gasteiger partial charge in [-0.3, -0.25) is 4.79 Å². The van der Waals surface area contributed by atoms with E-state index in [2.05, 4.69) is 0 Å². The highest BCUT2D eigenvalue weighted by Crippen LogP contribution is 2.24. The molecule has 92 valence electrons. The zero-order chi connectivity index (χ0) is 12.1. The number of hydrogen-bond donors (Lipinski definition) is 1. The smallest absolute Gasteiger partial charge is 0.140 e. The van der Waals surface area contributed by atoms with Crippen LogP contribution < -0.4 is 5.73 Å². The molecule has 0 bridgehead atoms. The largest absolute Gasteiger partial charge is 0.399 e. The molecule has 2 N–H and O–H groups in total. The van der Waals surface area contributed by atoms with Crippen LogP contribution in [0.3, 0.4) is 0 Å². The van der Waals surface area contributed by atoms with Crippen LogP contribution in [0.4, 0.5) is 5.69 Å². The summed E-state index contributed by atoms with van der Waals surface area (Å²) in [7, 11) is 0. The third kappa shape index (κ3) is 3.58. The molecular weight excluding hydrogens is 210 g/mol. The molecule has 1 aromatic carbocycles. The van der Waals surface area contributed by atoms with E-state index in [0.29, 0.717) is 18.1 Å². The van der Waals surface area contributed by atoms with Crippen molar-refractivity contribution in [1.29, 1.82) is 0 Å². The Hall–Kier alpha value is -1.31. The van der Waals surface area contributed by atoms with Crippen molar-refractivity contribution < 1.29 is 4.79 Å². The van der Waals surface area contributed by atoms with Crippen LogP contribution in [0, 0.1) is 5.92 Å². The van der Waals surface area contributed by atoms with Crippen molar-refractivity contribution in [2.45, 2.75) is 44.9 Å². The molecule has 1 aromatic rings. The van der Waals surface area contributed by atoms with E-state index in [-0.39, 0.29) is 0 Å². The number of anilines is 1. The lowest BCUT2D eigenvalue weighted by Gasteiger charge is -2.12. The summed E-state index contributed by atoms with van der Waals surface area (Å²) < 4.78 is 0. The summed E-state index contributed by atoms with van der Waals surface area (Å²) in [5.41, 5.74) is 7.53. The molecular formula is C15H21NO. The minimum Gasteiger partial charge on any atom is -0.399 e. The fourth-order valence-corrected chi connectivity index (χ4v) is 2.65. The van der Waals surface area contributed by atoms with Gasteiger partial charge in [0.1, 0.15) is 5.78 Å². The van der Waals surface area contributed by atoms with E-state index >= 15 is 0 Å². The van der Waals surface area contributed by atoms with Crippen molar-refractivity contribution in [3.63, 3.8) is 0 Å². The number of carbonyl (C=O) groups excluding carboxylic acids is 1. The van der Waals surface area contributed by atoms with Crippen LogP contribution in [0.2, 0.25) is 0 Å². The van der Waals surface area contributed by atoms with Crippen molar-refractivity contribution in [3.05, 3.63) is 29.8 Å². The van der Waals surface area contributed by atoms with Crippen molar-refractivity contribution in [2.75, 3.05) is 5.73 Å². The third-order valence-electron chi connectivity index (χ3n) is 3.64. The number of nitrogen functional groups attached to an aromatic ring is 1. The fraction of sp³-hybridized carbons (Fsp3) is 0.533. The van der Waals surface area contributed by atoms with Gasteiger partial charge in [-0.15, -0.1) is 0 Å². The van der Waals surface area contributed by atoms with Crippen LogP contribution in [0.1, 0.15) is 44.1 Å². The highest BCUT2D eigenvalue weighted by Gasteiger charge is 2.19. The Balaban J connectivity index is 1.95. The summed E-state index contributed by atoms with van der Waals surface area (Å²) in [4.78, 5) is 12.2. The Kier molecular flexibility index (Phi) is 4.18. The van der Waals surface area contributed by atoms with Gasteiger partial charge in [-0.25, -0.2) is 0 Å². The molecule has 0 heterocycles. The van der Waals surface area contributed by atoms with Crippen molar-refractivity contribution in [2.24, 2.45) is 5.92 Å². The Morgan fingerprint density at radius 1 is 1.18 bits per heavy atom. The zero-order valence-electron chi connectivity index (χ0n) is 10.3. The molecule has 0 radical (unpaired) electrons. The van der Waals surface area contributed by atoms with Crippen molar-refractivity contribution in [1.82, 2.24) is 0 Å². The van der Waals surface area contributed by atoms with Gasteiger partial charge in [-0.2, -0.15) is 0 Å². The first-order valence-corrected chi connectivity index (χ1v) is 6.63.